The maximum absolute atomic E-state index is 12.2. The summed E-state index contributed by atoms with van der Waals surface area (Å²) in [4.78, 5) is 18.7. The first-order valence-electron chi connectivity index (χ1n) is 8.79. The molecular weight excluding hydrogens is 314 g/mol. The van der Waals surface area contributed by atoms with Gasteiger partial charge in [-0.2, -0.15) is 0 Å². The molecule has 0 bridgehead atoms. The molecule has 1 amide bonds. The number of pyridine rings is 1. The molecule has 132 valence electrons. The van der Waals surface area contributed by atoms with Gasteiger partial charge in [0.2, 0.25) is 5.88 Å². The van der Waals surface area contributed by atoms with E-state index >= 15 is 0 Å². The van der Waals surface area contributed by atoms with Gasteiger partial charge in [0.25, 0.3) is 5.91 Å². The Kier molecular flexibility index (Phi) is 6.01. The number of nitrogens with one attached hydrogen (secondary N) is 1. The quantitative estimate of drug-likeness (QED) is 0.841. The van der Waals surface area contributed by atoms with E-state index in [1.165, 1.54) is 5.56 Å². The Labute approximate surface area is 149 Å². The van der Waals surface area contributed by atoms with E-state index in [0.717, 1.165) is 32.5 Å². The van der Waals surface area contributed by atoms with Crippen LogP contribution in [0.2, 0.25) is 0 Å². The van der Waals surface area contributed by atoms with E-state index in [-0.39, 0.29) is 5.91 Å². The molecule has 1 fully saturated rings. The first-order chi connectivity index (χ1) is 12.2. The summed E-state index contributed by atoms with van der Waals surface area (Å²) in [6.07, 6.45) is 3.77. The number of carbonyl (C=O) groups excluding carboxylic acids is 1. The van der Waals surface area contributed by atoms with E-state index in [2.05, 4.69) is 45.5 Å². The molecule has 1 atom stereocenters. The number of hydrogen-bond donors (Lipinski definition) is 1. The highest BCUT2D eigenvalue weighted by Gasteiger charge is 2.22. The smallest absolute Gasteiger partial charge is 0.252 e. The number of ether oxygens (including phenoxy) is 1. The van der Waals surface area contributed by atoms with Crippen molar-refractivity contribution in [3.05, 3.63) is 59.8 Å². The molecule has 1 aliphatic heterocycles. The third kappa shape index (κ3) is 5.03. The standard InChI is InChI=1S/C20H25N3O2/c1-25-19-8-7-18(14-21-19)20(24)22-13-17-10-12-23(15-17)11-9-16-5-3-2-4-6-16/h2-8,14,17H,9-13,15H2,1H3,(H,22,24). The number of rotatable bonds is 7. The fourth-order valence-corrected chi connectivity index (χ4v) is 3.19. The minimum Gasteiger partial charge on any atom is -0.481 e. The lowest BCUT2D eigenvalue weighted by atomic mass is 10.1. The minimum atomic E-state index is -0.0714. The molecule has 1 unspecified atom stereocenters. The highest BCUT2D eigenvalue weighted by atomic mass is 16.5. The van der Waals surface area contributed by atoms with Gasteiger partial charge in [-0.25, -0.2) is 4.98 Å². The van der Waals surface area contributed by atoms with Gasteiger partial charge in [0, 0.05) is 31.9 Å². The van der Waals surface area contributed by atoms with Crippen molar-refractivity contribution in [2.24, 2.45) is 5.92 Å². The summed E-state index contributed by atoms with van der Waals surface area (Å²) in [5.74, 6) is 0.963. The molecule has 1 aliphatic rings. The molecule has 5 heteroatoms. The van der Waals surface area contributed by atoms with Crippen LogP contribution in [0, 0.1) is 5.92 Å². The Morgan fingerprint density at radius 2 is 2.12 bits per heavy atom. The third-order valence-corrected chi connectivity index (χ3v) is 4.69. The fourth-order valence-electron chi connectivity index (χ4n) is 3.19. The second kappa shape index (κ2) is 8.62. The zero-order valence-electron chi connectivity index (χ0n) is 14.6. The number of carbonyl (C=O) groups is 1. The molecule has 1 aromatic carbocycles. The second-order valence-corrected chi connectivity index (χ2v) is 6.49. The Balaban J connectivity index is 1.39. The number of likely N-dealkylation sites (tertiary alicyclic amines) is 1. The normalized spacial score (nSPS) is 17.4. The van der Waals surface area contributed by atoms with Crippen molar-refractivity contribution in [3.63, 3.8) is 0 Å². The minimum absolute atomic E-state index is 0.0714. The van der Waals surface area contributed by atoms with E-state index in [9.17, 15) is 4.79 Å². The van der Waals surface area contributed by atoms with Crippen LogP contribution in [0.4, 0.5) is 0 Å². The van der Waals surface area contributed by atoms with Gasteiger partial charge in [0.15, 0.2) is 0 Å². The fraction of sp³-hybridized carbons (Fsp3) is 0.400. The van der Waals surface area contributed by atoms with Crippen LogP contribution in [0.1, 0.15) is 22.3 Å². The van der Waals surface area contributed by atoms with Crippen LogP contribution in [0.15, 0.2) is 48.7 Å². The molecule has 2 heterocycles. The van der Waals surface area contributed by atoms with Crippen molar-refractivity contribution in [2.45, 2.75) is 12.8 Å². The van der Waals surface area contributed by atoms with Crippen LogP contribution in [0.5, 0.6) is 5.88 Å². The lowest BCUT2D eigenvalue weighted by molar-refractivity contribution is 0.0947. The number of benzene rings is 1. The Hall–Kier alpha value is -2.40. The largest absolute Gasteiger partial charge is 0.481 e. The van der Waals surface area contributed by atoms with Crippen LogP contribution in [-0.4, -0.2) is 49.1 Å². The molecule has 0 saturated carbocycles. The zero-order chi connectivity index (χ0) is 17.5. The lowest BCUT2D eigenvalue weighted by Gasteiger charge is -2.16. The van der Waals surface area contributed by atoms with Crippen LogP contribution in [0.3, 0.4) is 0 Å². The van der Waals surface area contributed by atoms with Gasteiger partial charge in [0.05, 0.1) is 12.7 Å². The van der Waals surface area contributed by atoms with Gasteiger partial charge < -0.3 is 15.0 Å². The first kappa shape index (κ1) is 17.4. The summed E-state index contributed by atoms with van der Waals surface area (Å²) in [5, 5.41) is 3.03. The Bertz CT molecular complexity index is 673. The summed E-state index contributed by atoms with van der Waals surface area (Å²) in [7, 11) is 1.56. The maximum atomic E-state index is 12.2. The van der Waals surface area contributed by atoms with Crippen molar-refractivity contribution in [3.8, 4) is 5.88 Å². The maximum Gasteiger partial charge on any atom is 0.252 e. The molecule has 25 heavy (non-hydrogen) atoms. The first-order valence-corrected chi connectivity index (χ1v) is 8.79. The van der Waals surface area contributed by atoms with Gasteiger partial charge in [-0.3, -0.25) is 4.79 Å². The monoisotopic (exact) mass is 339 g/mol. The van der Waals surface area contributed by atoms with Crippen molar-refractivity contribution in [2.75, 3.05) is 33.3 Å². The number of methoxy groups -OCH3 is 1. The number of hydrogen-bond acceptors (Lipinski definition) is 4. The molecule has 5 nitrogen and oxygen atoms in total. The van der Waals surface area contributed by atoms with Gasteiger partial charge in [-0.15, -0.1) is 0 Å². The van der Waals surface area contributed by atoms with Crippen molar-refractivity contribution >= 4 is 5.91 Å². The Morgan fingerprint density at radius 1 is 1.28 bits per heavy atom. The van der Waals surface area contributed by atoms with Crippen LogP contribution in [0.25, 0.3) is 0 Å². The molecule has 0 radical (unpaired) electrons. The summed E-state index contributed by atoms with van der Waals surface area (Å²) < 4.78 is 5.01. The average Bonchev–Trinajstić information content (AvgIpc) is 3.13. The summed E-state index contributed by atoms with van der Waals surface area (Å²) in [5.41, 5.74) is 1.95. The van der Waals surface area contributed by atoms with Crippen LogP contribution in [-0.2, 0) is 6.42 Å². The molecule has 0 aliphatic carbocycles. The highest BCUT2D eigenvalue weighted by Crippen LogP contribution is 2.16. The highest BCUT2D eigenvalue weighted by molar-refractivity contribution is 5.93. The number of aromatic nitrogens is 1. The van der Waals surface area contributed by atoms with Gasteiger partial charge in [-0.05, 0) is 36.9 Å². The van der Waals surface area contributed by atoms with Gasteiger partial charge in [-0.1, -0.05) is 30.3 Å². The molecular formula is C20H25N3O2. The van der Waals surface area contributed by atoms with Crippen LogP contribution >= 0.6 is 0 Å². The van der Waals surface area contributed by atoms with E-state index in [1.807, 2.05) is 0 Å². The van der Waals surface area contributed by atoms with Gasteiger partial charge >= 0.3 is 0 Å². The van der Waals surface area contributed by atoms with Crippen molar-refractivity contribution in [1.29, 1.82) is 0 Å². The molecule has 1 saturated heterocycles. The zero-order valence-corrected chi connectivity index (χ0v) is 14.6. The predicted molar refractivity (Wildman–Crippen MR) is 97.8 cm³/mol. The van der Waals surface area contributed by atoms with E-state index in [4.69, 9.17) is 4.74 Å². The lowest BCUT2D eigenvalue weighted by Crippen LogP contribution is -2.31. The van der Waals surface area contributed by atoms with E-state index in [0.29, 0.717) is 23.9 Å². The molecule has 2 aromatic rings. The third-order valence-electron chi connectivity index (χ3n) is 4.69. The summed E-state index contributed by atoms with van der Waals surface area (Å²) in [6, 6.07) is 14.0. The van der Waals surface area contributed by atoms with Crippen molar-refractivity contribution in [1.82, 2.24) is 15.2 Å². The second-order valence-electron chi connectivity index (χ2n) is 6.49. The topological polar surface area (TPSA) is 54.5 Å². The molecule has 1 N–H and O–H groups in total. The van der Waals surface area contributed by atoms with Crippen molar-refractivity contribution < 1.29 is 9.53 Å². The SMILES string of the molecule is COc1ccc(C(=O)NCC2CCN(CCc3ccccc3)C2)cn1. The molecule has 3 rings (SSSR count). The van der Waals surface area contributed by atoms with Crippen LogP contribution < -0.4 is 10.1 Å². The molecule has 1 aromatic heterocycles. The summed E-state index contributed by atoms with van der Waals surface area (Å²) in [6.45, 7) is 3.95. The van der Waals surface area contributed by atoms with E-state index < -0.39 is 0 Å². The number of amides is 1. The predicted octanol–water partition coefficient (Wildman–Crippen LogP) is 2.38. The summed E-state index contributed by atoms with van der Waals surface area (Å²) >= 11 is 0. The average molecular weight is 339 g/mol. The Morgan fingerprint density at radius 3 is 2.84 bits per heavy atom. The van der Waals surface area contributed by atoms with Gasteiger partial charge in [0.1, 0.15) is 0 Å². The molecule has 0 spiro atoms. The van der Waals surface area contributed by atoms with E-state index in [1.54, 1.807) is 25.4 Å². The number of nitrogens with zero attached hydrogens (tertiary/aromatic N) is 2.